The molecule has 0 aliphatic carbocycles. The van der Waals surface area contributed by atoms with Crippen molar-refractivity contribution in [2.45, 2.75) is 13.8 Å². The molecule has 54 valence electrons. The molecule has 3 nitrogen and oxygen atoms in total. The lowest BCUT2D eigenvalue weighted by atomic mass is 10.7. The number of rotatable bonds is 1. The summed E-state index contributed by atoms with van der Waals surface area (Å²) in [7, 11) is 0. The molecule has 4 heteroatoms. The van der Waals surface area contributed by atoms with Crippen LogP contribution in [0.1, 0.15) is 11.9 Å². The second-order valence-corrected chi connectivity index (χ2v) is 3.04. The molecule has 1 rings (SSSR count). The van der Waals surface area contributed by atoms with Crippen LogP contribution in [0.5, 0.6) is 0 Å². The molecule has 0 unspecified atom stereocenters. The van der Waals surface area contributed by atoms with E-state index in [1.807, 2.05) is 12.3 Å². The zero-order valence-electron chi connectivity index (χ0n) is 5.96. The Morgan fingerprint density at radius 2 is 2.50 bits per heavy atom. The van der Waals surface area contributed by atoms with E-state index in [0.29, 0.717) is 11.7 Å². The molecule has 0 aliphatic heterocycles. The van der Waals surface area contributed by atoms with Crippen molar-refractivity contribution in [3.63, 3.8) is 0 Å². The second kappa shape index (κ2) is 2.79. The van der Waals surface area contributed by atoms with E-state index in [1.165, 1.54) is 0 Å². The van der Waals surface area contributed by atoms with Gasteiger partial charge in [-0.2, -0.15) is 0 Å². The van der Waals surface area contributed by atoms with Gasteiger partial charge in [-0.15, -0.1) is 11.3 Å². The van der Waals surface area contributed by atoms with Crippen LogP contribution in [0.25, 0.3) is 0 Å². The molecule has 1 heterocycles. The summed E-state index contributed by atoms with van der Waals surface area (Å²) in [5, 5.41) is 2.89. The first-order valence-corrected chi connectivity index (χ1v) is 3.79. The zero-order valence-corrected chi connectivity index (χ0v) is 6.77. The van der Waals surface area contributed by atoms with Crippen molar-refractivity contribution < 1.29 is 0 Å². The van der Waals surface area contributed by atoms with Gasteiger partial charge in [-0.05, 0) is 13.8 Å². The number of nitrogens with zero attached hydrogens (tertiary/aromatic N) is 2. The molecule has 1 aromatic heterocycles. The van der Waals surface area contributed by atoms with Gasteiger partial charge in [-0.3, -0.25) is 0 Å². The van der Waals surface area contributed by atoms with Gasteiger partial charge in [0.25, 0.3) is 0 Å². The van der Waals surface area contributed by atoms with Gasteiger partial charge < -0.3 is 5.73 Å². The van der Waals surface area contributed by atoms with Crippen LogP contribution < -0.4 is 5.73 Å². The maximum atomic E-state index is 5.35. The van der Waals surface area contributed by atoms with Gasteiger partial charge in [0, 0.05) is 5.38 Å². The monoisotopic (exact) mass is 155 g/mol. The minimum absolute atomic E-state index is 0.547. The molecule has 0 aromatic carbocycles. The van der Waals surface area contributed by atoms with Crippen LogP contribution >= 0.6 is 11.3 Å². The van der Waals surface area contributed by atoms with Crippen molar-refractivity contribution in [2.24, 2.45) is 10.7 Å². The van der Waals surface area contributed by atoms with Gasteiger partial charge in [0.15, 0.2) is 5.82 Å². The fourth-order valence-electron chi connectivity index (χ4n) is 0.584. The summed E-state index contributed by atoms with van der Waals surface area (Å²) in [5.74, 6) is 1.26. The van der Waals surface area contributed by atoms with Gasteiger partial charge in [0.1, 0.15) is 0 Å². The topological polar surface area (TPSA) is 51.3 Å². The van der Waals surface area contributed by atoms with E-state index in [-0.39, 0.29) is 0 Å². The van der Waals surface area contributed by atoms with Crippen LogP contribution in [-0.4, -0.2) is 10.8 Å². The SMILES string of the molecule is CC(N)=Nc1csc(C)n1. The van der Waals surface area contributed by atoms with Gasteiger partial charge in [0.05, 0.1) is 10.8 Å². The van der Waals surface area contributed by atoms with Crippen LogP contribution in [0, 0.1) is 6.92 Å². The van der Waals surface area contributed by atoms with Crippen molar-refractivity contribution >= 4 is 23.0 Å². The van der Waals surface area contributed by atoms with Gasteiger partial charge in [-0.1, -0.05) is 0 Å². The Morgan fingerprint density at radius 1 is 1.80 bits per heavy atom. The van der Waals surface area contributed by atoms with Crippen molar-refractivity contribution in [3.05, 3.63) is 10.4 Å². The average Bonchev–Trinajstić information content (AvgIpc) is 2.13. The molecule has 0 saturated heterocycles. The Balaban J connectivity index is 2.86. The van der Waals surface area contributed by atoms with Crippen LogP contribution in [-0.2, 0) is 0 Å². The highest BCUT2D eigenvalue weighted by Gasteiger charge is 1.93. The average molecular weight is 155 g/mol. The predicted molar refractivity (Wildman–Crippen MR) is 43.8 cm³/mol. The summed E-state index contributed by atoms with van der Waals surface area (Å²) in [6, 6.07) is 0. The fraction of sp³-hybridized carbons (Fsp3) is 0.333. The Morgan fingerprint density at radius 3 is 2.90 bits per heavy atom. The minimum atomic E-state index is 0.547. The molecular formula is C6H9N3S. The van der Waals surface area contributed by atoms with Gasteiger partial charge in [-0.25, -0.2) is 9.98 Å². The molecule has 0 saturated carbocycles. The maximum Gasteiger partial charge on any atom is 0.165 e. The third-order valence-electron chi connectivity index (χ3n) is 0.898. The number of hydrogen-bond donors (Lipinski definition) is 1. The Kier molecular flexibility index (Phi) is 2.01. The smallest absolute Gasteiger partial charge is 0.165 e. The fourth-order valence-corrected chi connectivity index (χ4v) is 1.11. The van der Waals surface area contributed by atoms with Crippen LogP contribution in [0.3, 0.4) is 0 Å². The number of nitrogens with two attached hydrogens (primary N) is 1. The molecule has 0 aliphatic rings. The van der Waals surface area contributed by atoms with Crippen LogP contribution in [0.4, 0.5) is 5.82 Å². The largest absolute Gasteiger partial charge is 0.387 e. The second-order valence-electron chi connectivity index (χ2n) is 1.98. The van der Waals surface area contributed by atoms with E-state index >= 15 is 0 Å². The van der Waals surface area contributed by atoms with Gasteiger partial charge in [0.2, 0.25) is 0 Å². The molecule has 0 spiro atoms. The van der Waals surface area contributed by atoms with E-state index in [0.717, 1.165) is 5.01 Å². The molecule has 1 aromatic rings. The predicted octanol–water partition coefficient (Wildman–Crippen LogP) is 1.46. The van der Waals surface area contributed by atoms with Gasteiger partial charge >= 0.3 is 0 Å². The summed E-state index contributed by atoms with van der Waals surface area (Å²) in [6.45, 7) is 3.68. The summed E-state index contributed by atoms with van der Waals surface area (Å²) >= 11 is 1.57. The van der Waals surface area contributed by atoms with Crippen molar-refractivity contribution in [2.75, 3.05) is 0 Å². The normalized spacial score (nSPS) is 12.0. The van der Waals surface area contributed by atoms with E-state index in [2.05, 4.69) is 9.98 Å². The van der Waals surface area contributed by atoms with Crippen LogP contribution in [0.2, 0.25) is 0 Å². The Hall–Kier alpha value is -0.900. The van der Waals surface area contributed by atoms with Crippen molar-refractivity contribution in [1.82, 2.24) is 4.98 Å². The molecular weight excluding hydrogens is 146 g/mol. The first-order chi connectivity index (χ1) is 4.68. The minimum Gasteiger partial charge on any atom is -0.387 e. The molecule has 2 N–H and O–H groups in total. The lowest BCUT2D eigenvalue weighted by Crippen LogP contribution is -2.03. The number of hydrogen-bond acceptors (Lipinski definition) is 3. The summed E-state index contributed by atoms with van der Waals surface area (Å²) in [6.07, 6.45) is 0. The van der Waals surface area contributed by atoms with E-state index in [4.69, 9.17) is 5.73 Å². The zero-order chi connectivity index (χ0) is 7.56. The first-order valence-electron chi connectivity index (χ1n) is 2.91. The molecule has 10 heavy (non-hydrogen) atoms. The molecule has 0 fully saturated rings. The quantitative estimate of drug-likeness (QED) is 0.493. The lowest BCUT2D eigenvalue weighted by Gasteiger charge is -1.84. The highest BCUT2D eigenvalue weighted by Crippen LogP contribution is 2.15. The standard InChI is InChI=1S/C6H9N3S/c1-4(7)8-6-3-10-5(2)9-6/h3H,1-2H3,(H2,7,8). The molecule has 0 bridgehead atoms. The third-order valence-corrected chi connectivity index (χ3v) is 1.66. The van der Waals surface area contributed by atoms with Crippen LogP contribution in [0.15, 0.2) is 10.4 Å². The highest BCUT2D eigenvalue weighted by molar-refractivity contribution is 7.09. The molecule has 0 atom stereocenters. The summed E-state index contributed by atoms with van der Waals surface area (Å²) in [5.41, 5.74) is 5.35. The first kappa shape index (κ1) is 7.21. The number of aliphatic imine (C=N–C) groups is 1. The highest BCUT2D eigenvalue weighted by atomic mass is 32.1. The van der Waals surface area contributed by atoms with Crippen molar-refractivity contribution in [1.29, 1.82) is 0 Å². The van der Waals surface area contributed by atoms with E-state index in [9.17, 15) is 0 Å². The van der Waals surface area contributed by atoms with E-state index < -0.39 is 0 Å². The number of thiazole rings is 1. The number of aromatic nitrogens is 1. The third kappa shape index (κ3) is 1.80. The van der Waals surface area contributed by atoms with Crippen molar-refractivity contribution in [3.8, 4) is 0 Å². The maximum absolute atomic E-state index is 5.35. The Labute approximate surface area is 63.6 Å². The number of aryl methyl sites for hydroxylation is 1. The molecule has 0 radical (unpaired) electrons. The van der Waals surface area contributed by atoms with E-state index in [1.54, 1.807) is 18.3 Å². The number of amidine groups is 1. The summed E-state index contributed by atoms with van der Waals surface area (Å²) in [4.78, 5) is 8.08. The lowest BCUT2D eigenvalue weighted by molar-refractivity contribution is 1.25. The summed E-state index contributed by atoms with van der Waals surface area (Å²) < 4.78 is 0. The molecule has 0 amide bonds. The Bertz CT molecular complexity index is 247.